The monoisotopic (exact) mass is 330 g/mol. The number of rotatable bonds is 5. The van der Waals surface area contributed by atoms with E-state index in [4.69, 9.17) is 4.74 Å². The van der Waals surface area contributed by atoms with E-state index in [9.17, 15) is 4.79 Å². The summed E-state index contributed by atoms with van der Waals surface area (Å²) in [6.45, 7) is 4.51. The minimum absolute atomic E-state index is 0.220. The third kappa shape index (κ3) is 3.26. The molecular weight excluding hydrogens is 308 g/mol. The summed E-state index contributed by atoms with van der Waals surface area (Å²) in [6.07, 6.45) is 8.28. The van der Waals surface area contributed by atoms with Crippen molar-refractivity contribution in [3.05, 3.63) is 33.8 Å². The first-order valence-electron chi connectivity index (χ1n) is 8.42. The molecule has 3 aliphatic rings. The second-order valence-electron chi connectivity index (χ2n) is 6.70. The fraction of sp³-hybridized carbons (Fsp3) is 0.556. The quantitative estimate of drug-likeness (QED) is 0.833. The molecule has 23 heavy (non-hydrogen) atoms. The predicted molar refractivity (Wildman–Crippen MR) is 91.2 cm³/mol. The van der Waals surface area contributed by atoms with Gasteiger partial charge in [0.2, 0.25) is 5.91 Å². The van der Waals surface area contributed by atoms with E-state index in [1.807, 2.05) is 13.0 Å². The molecule has 2 fully saturated rings. The lowest BCUT2D eigenvalue weighted by molar-refractivity contribution is -0.128. The van der Waals surface area contributed by atoms with E-state index in [1.54, 1.807) is 11.3 Å². The van der Waals surface area contributed by atoms with Crippen LogP contribution in [0.2, 0.25) is 0 Å². The molecule has 0 spiro atoms. The van der Waals surface area contributed by atoms with Gasteiger partial charge < -0.3 is 9.64 Å². The van der Waals surface area contributed by atoms with Gasteiger partial charge in [0.25, 0.3) is 0 Å². The van der Waals surface area contributed by atoms with Gasteiger partial charge in [-0.15, -0.1) is 11.3 Å². The summed E-state index contributed by atoms with van der Waals surface area (Å²) in [5, 5.41) is 3.13. The van der Waals surface area contributed by atoms with Crippen LogP contribution < -0.4 is 0 Å². The van der Waals surface area contributed by atoms with E-state index in [0.717, 1.165) is 67.3 Å². The zero-order valence-electron chi connectivity index (χ0n) is 13.5. The van der Waals surface area contributed by atoms with Gasteiger partial charge in [-0.05, 0) is 44.3 Å². The topological polar surface area (TPSA) is 42.4 Å². The van der Waals surface area contributed by atoms with E-state index in [0.29, 0.717) is 12.0 Å². The minimum atomic E-state index is 0.220. The average Bonchev–Trinajstić information content (AvgIpc) is 2.99. The molecule has 1 amide bonds. The number of hydrogen-bond donors (Lipinski definition) is 0. The van der Waals surface area contributed by atoms with Crippen LogP contribution in [0.1, 0.15) is 36.4 Å². The highest BCUT2D eigenvalue weighted by atomic mass is 32.1. The summed E-state index contributed by atoms with van der Waals surface area (Å²) >= 11 is 1.65. The first-order chi connectivity index (χ1) is 11.2. The molecule has 1 atom stereocenters. The van der Waals surface area contributed by atoms with Crippen LogP contribution in [-0.4, -0.2) is 41.6 Å². The van der Waals surface area contributed by atoms with Gasteiger partial charge in [-0.1, -0.05) is 6.08 Å². The van der Waals surface area contributed by atoms with Crippen LogP contribution in [0.15, 0.2) is 23.1 Å². The number of allylic oxidation sites excluding steroid dienone is 3. The lowest BCUT2D eigenvalue weighted by Crippen LogP contribution is -2.38. The van der Waals surface area contributed by atoms with Gasteiger partial charge in [0.15, 0.2) is 0 Å². The predicted octanol–water partition coefficient (Wildman–Crippen LogP) is 3.19. The van der Waals surface area contributed by atoms with Crippen molar-refractivity contribution in [1.29, 1.82) is 0 Å². The second kappa shape index (κ2) is 6.21. The Bertz CT molecular complexity index is 666. The largest absolute Gasteiger partial charge is 0.381 e. The molecule has 1 aromatic rings. The second-order valence-corrected chi connectivity index (χ2v) is 7.77. The number of nitrogens with zero attached hydrogens (tertiary/aromatic N) is 2. The first-order valence-corrected chi connectivity index (χ1v) is 9.30. The maximum atomic E-state index is 13.0. The molecule has 4 rings (SSSR count). The molecular formula is C18H22N2O2S. The molecule has 0 aromatic carbocycles. The number of thiazole rings is 1. The fourth-order valence-corrected chi connectivity index (χ4v) is 3.95. The SMILES string of the molecule is Cc1nc(C2=CCC(C(=O)N(CC3CCOC3)C3CC3)=C2)cs1. The van der Waals surface area contributed by atoms with Crippen molar-refractivity contribution in [1.82, 2.24) is 9.88 Å². The number of aromatic nitrogens is 1. The number of carbonyl (C=O) groups is 1. The summed E-state index contributed by atoms with van der Waals surface area (Å²) < 4.78 is 5.47. The number of ether oxygens (including phenoxy) is 1. The van der Waals surface area contributed by atoms with Gasteiger partial charge in [0.1, 0.15) is 0 Å². The highest BCUT2D eigenvalue weighted by molar-refractivity contribution is 7.09. The van der Waals surface area contributed by atoms with Gasteiger partial charge in [0, 0.05) is 36.1 Å². The van der Waals surface area contributed by atoms with E-state index in [2.05, 4.69) is 21.3 Å². The number of aryl methyl sites for hydroxylation is 1. The van der Waals surface area contributed by atoms with E-state index < -0.39 is 0 Å². The van der Waals surface area contributed by atoms with Crippen molar-refractivity contribution in [2.75, 3.05) is 19.8 Å². The first kappa shape index (κ1) is 15.1. The van der Waals surface area contributed by atoms with Gasteiger partial charge in [0.05, 0.1) is 17.3 Å². The van der Waals surface area contributed by atoms with Gasteiger partial charge in [-0.3, -0.25) is 4.79 Å². The Kier molecular flexibility index (Phi) is 4.07. The summed E-state index contributed by atoms with van der Waals surface area (Å²) in [4.78, 5) is 19.6. The Hall–Kier alpha value is -1.46. The summed E-state index contributed by atoms with van der Waals surface area (Å²) in [6, 6.07) is 0.453. The van der Waals surface area contributed by atoms with Crippen molar-refractivity contribution in [3.8, 4) is 0 Å². The van der Waals surface area contributed by atoms with E-state index >= 15 is 0 Å². The molecule has 0 bridgehead atoms. The standard InChI is InChI=1S/C18H22N2O2S/c1-12-19-17(11-23-12)14-2-3-15(8-14)18(21)20(16-4-5-16)9-13-6-7-22-10-13/h2,8,11,13,16H,3-7,9-10H2,1H3. The Morgan fingerprint density at radius 2 is 2.30 bits per heavy atom. The minimum Gasteiger partial charge on any atom is -0.381 e. The van der Waals surface area contributed by atoms with Crippen LogP contribution in [0, 0.1) is 12.8 Å². The Morgan fingerprint density at radius 3 is 2.96 bits per heavy atom. The molecule has 1 aromatic heterocycles. The van der Waals surface area contributed by atoms with Crippen molar-refractivity contribution in [2.45, 2.75) is 38.6 Å². The Morgan fingerprint density at radius 1 is 1.43 bits per heavy atom. The molecule has 1 saturated heterocycles. The number of hydrogen-bond acceptors (Lipinski definition) is 4. The van der Waals surface area contributed by atoms with E-state index in [1.165, 1.54) is 0 Å². The highest BCUT2D eigenvalue weighted by Gasteiger charge is 2.36. The normalized spacial score (nSPS) is 23.8. The molecule has 1 saturated carbocycles. The molecule has 5 heteroatoms. The van der Waals surface area contributed by atoms with Crippen LogP contribution in [-0.2, 0) is 9.53 Å². The summed E-state index contributed by atoms with van der Waals surface area (Å²) in [5.41, 5.74) is 3.01. The van der Waals surface area contributed by atoms with Crippen molar-refractivity contribution < 1.29 is 9.53 Å². The van der Waals surface area contributed by atoms with Crippen LogP contribution in [0.3, 0.4) is 0 Å². The number of amides is 1. The zero-order valence-corrected chi connectivity index (χ0v) is 14.3. The van der Waals surface area contributed by atoms with Crippen molar-refractivity contribution >= 4 is 22.8 Å². The summed E-state index contributed by atoms with van der Waals surface area (Å²) in [7, 11) is 0. The van der Waals surface area contributed by atoms with E-state index in [-0.39, 0.29) is 5.91 Å². The van der Waals surface area contributed by atoms with Crippen molar-refractivity contribution in [3.63, 3.8) is 0 Å². The van der Waals surface area contributed by atoms with Crippen molar-refractivity contribution in [2.24, 2.45) is 5.92 Å². The lowest BCUT2D eigenvalue weighted by atomic mass is 10.1. The average molecular weight is 330 g/mol. The van der Waals surface area contributed by atoms with Gasteiger partial charge in [-0.2, -0.15) is 0 Å². The third-order valence-corrected chi connectivity index (χ3v) is 5.56. The molecule has 0 radical (unpaired) electrons. The van der Waals surface area contributed by atoms with Crippen LogP contribution >= 0.6 is 11.3 Å². The third-order valence-electron chi connectivity index (χ3n) is 4.79. The molecule has 1 aliphatic heterocycles. The van der Waals surface area contributed by atoms with Crippen LogP contribution in [0.4, 0.5) is 0 Å². The Labute approximate surface area is 140 Å². The fourth-order valence-electron chi connectivity index (χ4n) is 3.32. The molecule has 1 unspecified atom stereocenters. The zero-order chi connectivity index (χ0) is 15.8. The maximum absolute atomic E-state index is 13.0. The van der Waals surface area contributed by atoms with Crippen LogP contribution in [0.5, 0.6) is 0 Å². The molecule has 2 aliphatic carbocycles. The van der Waals surface area contributed by atoms with Crippen LogP contribution in [0.25, 0.3) is 5.57 Å². The smallest absolute Gasteiger partial charge is 0.250 e. The highest BCUT2D eigenvalue weighted by Crippen LogP contribution is 2.33. The molecule has 0 N–H and O–H groups in total. The Balaban J connectivity index is 1.47. The maximum Gasteiger partial charge on any atom is 0.250 e. The summed E-state index contributed by atoms with van der Waals surface area (Å²) in [5.74, 6) is 0.729. The lowest BCUT2D eigenvalue weighted by Gasteiger charge is -2.25. The number of carbonyl (C=O) groups excluding carboxylic acids is 1. The molecule has 2 heterocycles. The van der Waals surface area contributed by atoms with Gasteiger partial charge in [-0.25, -0.2) is 4.98 Å². The molecule has 4 nitrogen and oxygen atoms in total. The van der Waals surface area contributed by atoms with Gasteiger partial charge >= 0.3 is 0 Å². The molecule has 122 valence electrons.